The minimum atomic E-state index is -4.37. The number of rotatable bonds is 8. The van der Waals surface area contributed by atoms with Gasteiger partial charge in [-0.05, 0) is 54.1 Å². The number of anilines is 1. The monoisotopic (exact) mass is 512 g/mol. The molecule has 10 heteroatoms. The lowest BCUT2D eigenvalue weighted by Crippen LogP contribution is -2.13. The summed E-state index contributed by atoms with van der Waals surface area (Å²) in [6.45, 7) is 5.29. The van der Waals surface area contributed by atoms with Crippen molar-refractivity contribution in [1.82, 2.24) is 14.9 Å². The summed E-state index contributed by atoms with van der Waals surface area (Å²) < 4.78 is 41.9. The van der Waals surface area contributed by atoms with Crippen molar-refractivity contribution in [3.8, 4) is 0 Å². The van der Waals surface area contributed by atoms with E-state index in [1.54, 1.807) is 23.9 Å². The summed E-state index contributed by atoms with van der Waals surface area (Å²) in [6.07, 6.45) is 4.97. The molecule has 33 heavy (non-hydrogen) atoms. The van der Waals surface area contributed by atoms with Crippen molar-refractivity contribution in [2.75, 3.05) is 4.72 Å². The van der Waals surface area contributed by atoms with E-state index in [-0.39, 0.29) is 17.3 Å². The number of nitrogens with zero attached hydrogens (tertiary/aromatic N) is 2. The lowest BCUT2D eigenvalue weighted by atomic mass is 10.1. The third-order valence-electron chi connectivity index (χ3n) is 5.30. The lowest BCUT2D eigenvalue weighted by Gasteiger charge is -2.16. The predicted molar refractivity (Wildman–Crippen MR) is 134 cm³/mol. The summed E-state index contributed by atoms with van der Waals surface area (Å²) in [6, 6.07) is 9.11. The van der Waals surface area contributed by atoms with Gasteiger partial charge in [0.15, 0.2) is 0 Å². The van der Waals surface area contributed by atoms with E-state index in [0.717, 1.165) is 53.7 Å². The number of halogens is 4. The van der Waals surface area contributed by atoms with E-state index in [9.17, 15) is 13.2 Å². The fraction of sp³-hybridized carbons (Fsp3) is 0.348. The van der Waals surface area contributed by atoms with Gasteiger partial charge in [0.2, 0.25) is 0 Å². The molecular weight excluding hydrogens is 489 g/mol. The molecule has 4 nitrogen and oxygen atoms in total. The van der Waals surface area contributed by atoms with Gasteiger partial charge in [0, 0.05) is 35.1 Å². The number of benzene rings is 1. The van der Waals surface area contributed by atoms with Crippen molar-refractivity contribution in [3.05, 3.63) is 63.8 Å². The smallest absolute Gasteiger partial charge is 0.368 e. The third kappa shape index (κ3) is 5.41. The lowest BCUT2D eigenvalue weighted by molar-refractivity contribution is -0.0323. The Labute approximate surface area is 204 Å². The average Bonchev–Trinajstić information content (AvgIpc) is 3.38. The van der Waals surface area contributed by atoms with E-state index in [2.05, 4.69) is 39.5 Å². The van der Waals surface area contributed by atoms with Gasteiger partial charge in [-0.15, -0.1) is 11.8 Å². The first-order valence-electron chi connectivity index (χ1n) is 10.7. The molecule has 3 heterocycles. The van der Waals surface area contributed by atoms with Crippen LogP contribution in [0.3, 0.4) is 0 Å². The first kappa shape index (κ1) is 24.2. The van der Waals surface area contributed by atoms with Crippen LogP contribution < -0.4 is 10.0 Å². The molecule has 0 saturated carbocycles. The van der Waals surface area contributed by atoms with Crippen molar-refractivity contribution < 1.29 is 13.2 Å². The number of hydrogen-bond acceptors (Lipinski definition) is 5. The Morgan fingerprint density at radius 2 is 2.03 bits per heavy atom. The summed E-state index contributed by atoms with van der Waals surface area (Å²) in [5.41, 5.74) is 0.974. The second-order valence-corrected chi connectivity index (χ2v) is 9.97. The van der Waals surface area contributed by atoms with Gasteiger partial charge in [-0.2, -0.15) is 13.2 Å². The van der Waals surface area contributed by atoms with Crippen LogP contribution >= 0.6 is 35.3 Å². The molecular formula is C23H24ClF3N4S2. The van der Waals surface area contributed by atoms with Crippen LogP contribution in [0.1, 0.15) is 48.9 Å². The first-order valence-corrected chi connectivity index (χ1v) is 12.8. The van der Waals surface area contributed by atoms with Gasteiger partial charge in [-0.25, -0.2) is 4.98 Å². The summed E-state index contributed by atoms with van der Waals surface area (Å²) in [7, 11) is 0. The highest BCUT2D eigenvalue weighted by atomic mass is 35.5. The number of aryl methyl sites for hydroxylation is 2. The quantitative estimate of drug-likeness (QED) is 0.299. The molecule has 1 unspecified atom stereocenters. The Balaban J connectivity index is 1.56. The molecule has 4 rings (SSSR count). The molecule has 0 saturated heterocycles. The zero-order chi connectivity index (χ0) is 23.6. The number of aromatic nitrogens is 2. The number of thioether (sulfide) groups is 1. The van der Waals surface area contributed by atoms with E-state index in [1.807, 2.05) is 17.7 Å². The maximum absolute atomic E-state index is 12.4. The normalized spacial score (nSPS) is 16.2. The van der Waals surface area contributed by atoms with E-state index in [0.29, 0.717) is 10.7 Å². The number of alkyl halides is 3. The fourth-order valence-electron chi connectivity index (χ4n) is 3.94. The highest BCUT2D eigenvalue weighted by Gasteiger charge is 2.29. The zero-order valence-electron chi connectivity index (χ0n) is 18.2. The van der Waals surface area contributed by atoms with E-state index < -0.39 is 5.51 Å². The summed E-state index contributed by atoms with van der Waals surface area (Å²) in [5.74, 6) is 0. The second kappa shape index (κ2) is 10.1. The van der Waals surface area contributed by atoms with Gasteiger partial charge in [0.25, 0.3) is 0 Å². The van der Waals surface area contributed by atoms with Crippen LogP contribution in [0.5, 0.6) is 0 Å². The largest absolute Gasteiger partial charge is 0.461 e. The van der Waals surface area contributed by atoms with Gasteiger partial charge in [-0.1, -0.05) is 31.9 Å². The second-order valence-electron chi connectivity index (χ2n) is 7.71. The van der Waals surface area contributed by atoms with Crippen LogP contribution in [0.2, 0.25) is 5.02 Å². The molecule has 0 bridgehead atoms. The molecule has 0 amide bonds. The minimum absolute atomic E-state index is 0.00731. The van der Waals surface area contributed by atoms with Gasteiger partial charge >= 0.3 is 5.51 Å². The molecule has 0 aliphatic carbocycles. The van der Waals surface area contributed by atoms with Crippen LogP contribution in [-0.2, 0) is 13.0 Å². The van der Waals surface area contributed by atoms with E-state index in [1.165, 1.54) is 11.8 Å². The Morgan fingerprint density at radius 3 is 2.73 bits per heavy atom. The molecule has 0 radical (unpaired) electrons. The Morgan fingerprint density at radius 1 is 1.21 bits per heavy atom. The highest BCUT2D eigenvalue weighted by molar-refractivity contribution is 8.02. The topological polar surface area (TPSA) is 41.9 Å². The molecule has 176 valence electrons. The SMILES string of the molecule is CCCc1cc2c(C3NC(c4ccc(NSC(F)(F)F)cc4Cl)=CS3)ccnc2n1CCC. The standard InChI is InChI=1S/C23H24ClF3N4S2/c1-3-5-15-12-18-16(8-9-28-21(18)31(15)10-4-2)22-29-20(13-32-22)17-7-6-14(11-19(17)24)30-33-23(25,26)27/h6-9,11-13,22,29-30H,3-5,10H2,1-2H3. The number of hydrogen-bond donors (Lipinski definition) is 2. The Bertz CT molecular complexity index is 1180. The average molecular weight is 513 g/mol. The van der Waals surface area contributed by atoms with Crippen LogP contribution in [0.25, 0.3) is 16.7 Å². The van der Waals surface area contributed by atoms with Crippen molar-refractivity contribution in [1.29, 1.82) is 0 Å². The molecule has 2 aromatic heterocycles. The molecule has 3 aromatic rings. The van der Waals surface area contributed by atoms with E-state index >= 15 is 0 Å². The van der Waals surface area contributed by atoms with Gasteiger partial charge in [0.05, 0.1) is 22.7 Å². The number of nitrogens with one attached hydrogen (secondary N) is 2. The van der Waals surface area contributed by atoms with Crippen molar-refractivity contribution >= 4 is 57.7 Å². The molecule has 1 aliphatic rings. The Hall–Kier alpha value is -1.97. The number of fused-ring (bicyclic) bond motifs is 1. The highest BCUT2D eigenvalue weighted by Crippen LogP contribution is 2.42. The van der Waals surface area contributed by atoms with Crippen molar-refractivity contribution in [2.45, 2.75) is 50.5 Å². The van der Waals surface area contributed by atoms with Crippen LogP contribution in [-0.4, -0.2) is 15.1 Å². The fourth-order valence-corrected chi connectivity index (χ4v) is 5.59. The maximum atomic E-state index is 12.4. The first-order chi connectivity index (χ1) is 15.8. The van der Waals surface area contributed by atoms with E-state index in [4.69, 9.17) is 11.6 Å². The zero-order valence-corrected chi connectivity index (χ0v) is 20.6. The molecule has 0 spiro atoms. The molecule has 0 fully saturated rings. The number of pyridine rings is 1. The van der Waals surface area contributed by atoms with Crippen molar-refractivity contribution in [3.63, 3.8) is 0 Å². The maximum Gasteiger partial charge on any atom is 0.461 e. The molecule has 1 aromatic carbocycles. The minimum Gasteiger partial charge on any atom is -0.368 e. The van der Waals surface area contributed by atoms with Gasteiger partial charge in [0.1, 0.15) is 11.0 Å². The summed E-state index contributed by atoms with van der Waals surface area (Å²) in [4.78, 5) is 4.67. The summed E-state index contributed by atoms with van der Waals surface area (Å²) >= 11 is 7.74. The van der Waals surface area contributed by atoms with Crippen molar-refractivity contribution in [2.24, 2.45) is 0 Å². The predicted octanol–water partition coefficient (Wildman–Crippen LogP) is 7.97. The van der Waals surface area contributed by atoms with Gasteiger partial charge in [-0.3, -0.25) is 0 Å². The van der Waals surface area contributed by atoms with Gasteiger partial charge < -0.3 is 14.6 Å². The Kier molecular flexibility index (Phi) is 7.40. The van der Waals surface area contributed by atoms with Crippen LogP contribution in [0.15, 0.2) is 41.9 Å². The third-order valence-corrected chi connectivity index (χ3v) is 7.20. The summed E-state index contributed by atoms with van der Waals surface area (Å²) in [5, 5.41) is 7.04. The molecule has 2 N–H and O–H groups in total. The van der Waals surface area contributed by atoms with Crippen LogP contribution in [0.4, 0.5) is 18.9 Å². The molecule has 1 atom stereocenters. The molecule has 1 aliphatic heterocycles. The van der Waals surface area contributed by atoms with Crippen LogP contribution in [0, 0.1) is 0 Å².